The van der Waals surface area contributed by atoms with Gasteiger partial charge in [0, 0.05) is 33.9 Å². The largest absolute Gasteiger partial charge is 0.240 e. The molecule has 0 unspecified atom stereocenters. The van der Waals surface area contributed by atoms with Gasteiger partial charge in [-0.1, -0.05) is 0 Å². The van der Waals surface area contributed by atoms with E-state index in [9.17, 15) is 9.59 Å². The zero-order chi connectivity index (χ0) is 14.9. The topological polar surface area (TPSA) is 68.1 Å². The van der Waals surface area contributed by atoms with Crippen LogP contribution in [0.25, 0.3) is 0 Å². The number of hydrogen-bond acceptors (Lipinski definition) is 7. The van der Waals surface area contributed by atoms with E-state index in [1.165, 1.54) is 36.2 Å². The second-order valence-corrected chi connectivity index (χ2v) is 5.45. The van der Waals surface area contributed by atoms with Crippen molar-refractivity contribution >= 4 is 47.6 Å². The van der Waals surface area contributed by atoms with Gasteiger partial charge in [-0.3, -0.25) is 0 Å². The first-order chi connectivity index (χ1) is 10.3. The van der Waals surface area contributed by atoms with Gasteiger partial charge >= 0.3 is 0 Å². The van der Waals surface area contributed by atoms with E-state index in [2.05, 4.69) is 9.98 Å². The fourth-order valence-electron chi connectivity index (χ4n) is 1.35. The molecule has 0 saturated heterocycles. The van der Waals surface area contributed by atoms with Crippen molar-refractivity contribution in [2.24, 2.45) is 9.98 Å². The molecule has 0 radical (unpaired) electrons. The van der Waals surface area contributed by atoms with E-state index in [1.54, 1.807) is 48.5 Å². The van der Waals surface area contributed by atoms with Crippen molar-refractivity contribution in [1.29, 1.82) is 0 Å². The third-order valence-corrected chi connectivity index (χ3v) is 3.76. The molecular formula is C14H8N2O3S2. The highest BCUT2D eigenvalue weighted by Gasteiger charge is 1.99. The molecule has 5 nitrogen and oxygen atoms in total. The van der Waals surface area contributed by atoms with Gasteiger partial charge in [0.2, 0.25) is 12.2 Å². The number of aliphatic imine (C=N–C) groups is 2. The van der Waals surface area contributed by atoms with Crippen molar-refractivity contribution in [3.05, 3.63) is 48.5 Å². The summed E-state index contributed by atoms with van der Waals surface area (Å²) in [7, 11) is 0. The second kappa shape index (κ2) is 8.21. The van der Waals surface area contributed by atoms with Gasteiger partial charge in [-0.15, -0.1) is 0 Å². The van der Waals surface area contributed by atoms with Crippen LogP contribution in [0.15, 0.2) is 68.3 Å². The SMILES string of the molecule is O=C=Nc1ccc(SOSc2ccc(N=C=O)cc2)cc1. The molecule has 21 heavy (non-hydrogen) atoms. The van der Waals surface area contributed by atoms with Crippen LogP contribution >= 0.6 is 24.1 Å². The fraction of sp³-hybridized carbons (Fsp3) is 0. The third kappa shape index (κ3) is 5.04. The van der Waals surface area contributed by atoms with E-state index in [4.69, 9.17) is 3.63 Å². The normalized spacial score (nSPS) is 9.52. The van der Waals surface area contributed by atoms with Crippen molar-refractivity contribution in [3.63, 3.8) is 0 Å². The Labute approximate surface area is 129 Å². The van der Waals surface area contributed by atoms with E-state index in [-0.39, 0.29) is 0 Å². The lowest BCUT2D eigenvalue weighted by atomic mass is 10.3. The molecule has 2 aromatic carbocycles. The predicted molar refractivity (Wildman–Crippen MR) is 81.2 cm³/mol. The van der Waals surface area contributed by atoms with Gasteiger partial charge in [0.05, 0.1) is 11.4 Å². The first-order valence-electron chi connectivity index (χ1n) is 5.69. The van der Waals surface area contributed by atoms with Crippen molar-refractivity contribution in [2.45, 2.75) is 9.79 Å². The van der Waals surface area contributed by atoms with Crippen LogP contribution in [0.3, 0.4) is 0 Å². The molecule has 104 valence electrons. The number of rotatable bonds is 6. The molecule has 0 atom stereocenters. The van der Waals surface area contributed by atoms with Gasteiger partial charge in [-0.25, -0.2) is 13.2 Å². The summed E-state index contributed by atoms with van der Waals surface area (Å²) in [4.78, 5) is 29.0. The summed E-state index contributed by atoms with van der Waals surface area (Å²) in [5, 5.41) is 0. The van der Waals surface area contributed by atoms with Crippen LogP contribution in [-0.2, 0) is 13.2 Å². The smallest absolute Gasteiger partial charge is 0.237 e. The van der Waals surface area contributed by atoms with Crippen LogP contribution in [0.1, 0.15) is 0 Å². The maximum atomic E-state index is 10.1. The van der Waals surface area contributed by atoms with E-state index >= 15 is 0 Å². The summed E-state index contributed by atoms with van der Waals surface area (Å²) in [6.45, 7) is 0. The molecule has 0 bridgehead atoms. The number of carbonyl (C=O) groups excluding carboxylic acids is 2. The first-order valence-corrected chi connectivity index (χ1v) is 7.17. The molecule has 0 aliphatic rings. The van der Waals surface area contributed by atoms with Crippen LogP contribution in [-0.4, -0.2) is 12.2 Å². The summed E-state index contributed by atoms with van der Waals surface area (Å²) < 4.78 is 5.42. The Hall–Kier alpha value is -2.14. The maximum Gasteiger partial charge on any atom is 0.240 e. The van der Waals surface area contributed by atoms with Crippen molar-refractivity contribution in [1.82, 2.24) is 0 Å². The summed E-state index contributed by atoms with van der Waals surface area (Å²) in [6, 6.07) is 14.0. The molecule has 0 spiro atoms. The molecule has 0 saturated carbocycles. The minimum atomic E-state index is 0.549. The Balaban J connectivity index is 1.85. The molecule has 0 aliphatic heterocycles. The average molecular weight is 316 g/mol. The molecule has 0 N–H and O–H groups in total. The van der Waals surface area contributed by atoms with Gasteiger partial charge < -0.3 is 0 Å². The monoisotopic (exact) mass is 316 g/mol. The quantitative estimate of drug-likeness (QED) is 0.450. The Kier molecular flexibility index (Phi) is 5.97. The van der Waals surface area contributed by atoms with Gasteiger partial charge in [-0.05, 0) is 48.5 Å². The van der Waals surface area contributed by atoms with Gasteiger partial charge in [0.1, 0.15) is 0 Å². The zero-order valence-corrected chi connectivity index (χ0v) is 12.2. The highest BCUT2D eigenvalue weighted by atomic mass is 32.2. The lowest BCUT2D eigenvalue weighted by Crippen LogP contribution is -1.73. The van der Waals surface area contributed by atoms with Gasteiger partial charge in [-0.2, -0.15) is 9.98 Å². The van der Waals surface area contributed by atoms with Crippen LogP contribution in [0.2, 0.25) is 0 Å². The Morgan fingerprint density at radius 3 is 1.43 bits per heavy atom. The minimum absolute atomic E-state index is 0.549. The summed E-state index contributed by atoms with van der Waals surface area (Å²) in [5.74, 6) is 0. The zero-order valence-electron chi connectivity index (χ0n) is 10.6. The van der Waals surface area contributed by atoms with Crippen molar-refractivity contribution in [2.75, 3.05) is 0 Å². The van der Waals surface area contributed by atoms with Gasteiger partial charge in [0.25, 0.3) is 0 Å². The summed E-state index contributed by atoms with van der Waals surface area (Å²) in [6.07, 6.45) is 2.97. The highest BCUT2D eigenvalue weighted by Crippen LogP contribution is 2.31. The molecule has 0 amide bonds. The number of hydrogen-bond donors (Lipinski definition) is 0. The van der Waals surface area contributed by atoms with E-state index in [0.717, 1.165) is 9.79 Å². The van der Waals surface area contributed by atoms with Crippen molar-refractivity contribution in [3.8, 4) is 0 Å². The predicted octanol–water partition coefficient (Wildman–Crippen LogP) is 4.35. The lowest BCUT2D eigenvalue weighted by molar-refractivity contribution is 0.564. The molecular weight excluding hydrogens is 308 g/mol. The Bertz CT molecular complexity index is 628. The van der Waals surface area contributed by atoms with Crippen LogP contribution < -0.4 is 0 Å². The van der Waals surface area contributed by atoms with E-state index in [1.807, 2.05) is 0 Å². The Morgan fingerprint density at radius 1 is 0.714 bits per heavy atom. The molecule has 0 aromatic heterocycles. The molecule has 0 heterocycles. The molecule has 2 aromatic rings. The molecule has 2 rings (SSSR count). The number of isocyanates is 2. The average Bonchev–Trinajstić information content (AvgIpc) is 2.51. The Morgan fingerprint density at radius 2 is 1.10 bits per heavy atom. The second-order valence-electron chi connectivity index (χ2n) is 3.63. The lowest BCUT2D eigenvalue weighted by Gasteiger charge is -2.02. The summed E-state index contributed by atoms with van der Waals surface area (Å²) >= 11 is 2.39. The van der Waals surface area contributed by atoms with Crippen LogP contribution in [0.5, 0.6) is 0 Å². The third-order valence-electron chi connectivity index (χ3n) is 2.28. The molecule has 0 fully saturated rings. The van der Waals surface area contributed by atoms with Gasteiger partial charge in [0.15, 0.2) is 0 Å². The number of nitrogens with zero attached hydrogens (tertiary/aromatic N) is 2. The van der Waals surface area contributed by atoms with E-state index in [0.29, 0.717) is 11.4 Å². The maximum absolute atomic E-state index is 10.1. The van der Waals surface area contributed by atoms with E-state index < -0.39 is 0 Å². The summed E-state index contributed by atoms with van der Waals surface area (Å²) in [5.41, 5.74) is 1.10. The van der Waals surface area contributed by atoms with Crippen LogP contribution in [0.4, 0.5) is 11.4 Å². The molecule has 7 heteroatoms. The standard InChI is InChI=1S/C14H8N2O3S2/c17-9-15-11-1-5-13(6-2-11)20-19-21-14-7-3-12(4-8-14)16-10-18/h1-8H. The van der Waals surface area contributed by atoms with Crippen molar-refractivity contribution < 1.29 is 13.2 Å². The van der Waals surface area contributed by atoms with Crippen LogP contribution in [0, 0.1) is 0 Å². The minimum Gasteiger partial charge on any atom is -0.237 e. The number of benzene rings is 2. The fourth-order valence-corrected chi connectivity index (χ4v) is 2.61. The first kappa shape index (κ1) is 15.3. The molecule has 0 aliphatic carbocycles. The highest BCUT2D eigenvalue weighted by molar-refractivity contribution is 8.07.